The van der Waals surface area contributed by atoms with Crippen LogP contribution in [0.3, 0.4) is 0 Å². The Morgan fingerprint density at radius 1 is 1.23 bits per heavy atom. The molecule has 1 N–H and O–H groups in total. The molecule has 2 heterocycles. The summed E-state index contributed by atoms with van der Waals surface area (Å²) in [7, 11) is 0. The molecule has 1 atom stereocenters. The number of thiazole rings is 1. The number of esters is 1. The van der Waals surface area contributed by atoms with E-state index in [1.807, 2.05) is 23.6 Å². The van der Waals surface area contributed by atoms with Crippen LogP contribution in [0.25, 0.3) is 9.88 Å². The Labute approximate surface area is 157 Å². The van der Waals surface area contributed by atoms with Crippen molar-refractivity contribution in [1.29, 1.82) is 5.26 Å². The molecule has 3 aromatic rings. The van der Waals surface area contributed by atoms with E-state index in [-0.39, 0.29) is 5.69 Å². The van der Waals surface area contributed by atoms with Gasteiger partial charge in [0.25, 0.3) is 5.91 Å². The second kappa shape index (κ2) is 7.91. The largest absolute Gasteiger partial charge is 0.448 e. The Morgan fingerprint density at radius 2 is 2.04 bits per heavy atom. The number of amides is 1. The maximum Gasteiger partial charge on any atom is 0.358 e. The first kappa shape index (κ1) is 17.8. The third-order valence-corrected chi connectivity index (χ3v) is 5.29. The summed E-state index contributed by atoms with van der Waals surface area (Å²) < 4.78 is 5.19. The zero-order valence-corrected chi connectivity index (χ0v) is 15.3. The standard InChI is InChI=1S/C18H13N3O3S2/c1-11(16(22)20-13-6-3-2-5-12(13)9-19)24-18(23)14-10-26-17(21-14)15-7-4-8-25-15/h2-8,10-11H,1H3,(H,20,22)/t11-/m1/s1. The third-order valence-electron chi connectivity index (χ3n) is 3.40. The number of hydrogen-bond donors (Lipinski definition) is 1. The molecule has 0 aliphatic rings. The summed E-state index contributed by atoms with van der Waals surface area (Å²) in [5, 5.41) is 15.9. The van der Waals surface area contributed by atoms with E-state index >= 15 is 0 Å². The lowest BCUT2D eigenvalue weighted by Crippen LogP contribution is -2.30. The van der Waals surface area contributed by atoms with Crippen LogP contribution >= 0.6 is 22.7 Å². The van der Waals surface area contributed by atoms with E-state index in [1.165, 1.54) is 29.6 Å². The first-order chi connectivity index (χ1) is 12.6. The number of benzene rings is 1. The van der Waals surface area contributed by atoms with Gasteiger partial charge in [0.05, 0.1) is 16.1 Å². The quantitative estimate of drug-likeness (QED) is 0.674. The number of para-hydroxylation sites is 1. The summed E-state index contributed by atoms with van der Waals surface area (Å²) in [4.78, 5) is 29.7. The molecule has 6 nitrogen and oxygen atoms in total. The molecule has 0 unspecified atom stereocenters. The van der Waals surface area contributed by atoms with E-state index in [0.29, 0.717) is 11.3 Å². The number of nitrogens with one attached hydrogen (secondary N) is 1. The number of anilines is 1. The Balaban J connectivity index is 1.64. The molecular weight excluding hydrogens is 370 g/mol. The predicted molar refractivity (Wildman–Crippen MR) is 100 cm³/mol. The lowest BCUT2D eigenvalue weighted by Gasteiger charge is -2.13. The number of ether oxygens (including phenoxy) is 1. The highest BCUT2D eigenvalue weighted by Crippen LogP contribution is 2.28. The van der Waals surface area contributed by atoms with Crippen LogP contribution in [-0.2, 0) is 9.53 Å². The van der Waals surface area contributed by atoms with Gasteiger partial charge in [-0.3, -0.25) is 4.79 Å². The maximum atomic E-state index is 12.2. The zero-order chi connectivity index (χ0) is 18.5. The minimum Gasteiger partial charge on any atom is -0.448 e. The maximum absolute atomic E-state index is 12.2. The summed E-state index contributed by atoms with van der Waals surface area (Å²) in [6.07, 6.45) is -1.03. The molecule has 2 aromatic heterocycles. The van der Waals surface area contributed by atoms with Crippen LogP contribution in [0.4, 0.5) is 5.69 Å². The second-order valence-electron chi connectivity index (χ2n) is 5.21. The number of aromatic nitrogens is 1. The highest BCUT2D eigenvalue weighted by atomic mass is 32.1. The van der Waals surface area contributed by atoms with Crippen molar-refractivity contribution >= 4 is 40.2 Å². The summed E-state index contributed by atoms with van der Waals surface area (Å²) in [5.41, 5.74) is 0.867. The zero-order valence-electron chi connectivity index (χ0n) is 13.6. The van der Waals surface area contributed by atoms with Gasteiger partial charge in [0, 0.05) is 5.38 Å². The number of rotatable bonds is 5. The molecule has 1 aromatic carbocycles. The van der Waals surface area contributed by atoms with Gasteiger partial charge in [-0.2, -0.15) is 5.26 Å². The molecule has 8 heteroatoms. The first-order valence-corrected chi connectivity index (χ1v) is 9.35. The van der Waals surface area contributed by atoms with Crippen LogP contribution in [0.15, 0.2) is 47.2 Å². The summed E-state index contributed by atoms with van der Waals surface area (Å²) in [6.45, 7) is 1.47. The summed E-state index contributed by atoms with van der Waals surface area (Å²) in [6, 6.07) is 12.4. The number of carbonyl (C=O) groups is 2. The van der Waals surface area contributed by atoms with Crippen molar-refractivity contribution in [2.24, 2.45) is 0 Å². The number of hydrogen-bond acceptors (Lipinski definition) is 7. The fourth-order valence-electron chi connectivity index (χ4n) is 2.08. The van der Waals surface area contributed by atoms with Gasteiger partial charge in [-0.1, -0.05) is 18.2 Å². The van der Waals surface area contributed by atoms with E-state index in [9.17, 15) is 9.59 Å². The molecule has 3 rings (SSSR count). The van der Waals surface area contributed by atoms with Crippen molar-refractivity contribution in [2.45, 2.75) is 13.0 Å². The minimum atomic E-state index is -1.03. The van der Waals surface area contributed by atoms with Crippen LogP contribution in [0.2, 0.25) is 0 Å². The normalized spacial score (nSPS) is 11.4. The molecule has 1 amide bonds. The molecule has 0 saturated carbocycles. The van der Waals surface area contributed by atoms with Gasteiger partial charge in [-0.25, -0.2) is 9.78 Å². The Kier molecular flexibility index (Phi) is 5.41. The first-order valence-electron chi connectivity index (χ1n) is 7.59. The molecule has 0 aliphatic heterocycles. The van der Waals surface area contributed by atoms with E-state index in [4.69, 9.17) is 10.00 Å². The van der Waals surface area contributed by atoms with Gasteiger partial charge >= 0.3 is 5.97 Å². The van der Waals surface area contributed by atoms with Gasteiger partial charge in [0.1, 0.15) is 11.1 Å². The fraction of sp³-hybridized carbons (Fsp3) is 0.111. The van der Waals surface area contributed by atoms with E-state index in [2.05, 4.69) is 10.3 Å². The lowest BCUT2D eigenvalue weighted by molar-refractivity contribution is -0.123. The molecule has 0 saturated heterocycles. The Bertz CT molecular complexity index is 974. The van der Waals surface area contributed by atoms with Crippen molar-refractivity contribution in [2.75, 3.05) is 5.32 Å². The predicted octanol–water partition coefficient (Wildman–Crippen LogP) is 3.93. The number of nitriles is 1. The number of carbonyl (C=O) groups excluding carboxylic acids is 2. The van der Waals surface area contributed by atoms with Crippen molar-refractivity contribution < 1.29 is 14.3 Å². The van der Waals surface area contributed by atoms with Gasteiger partial charge < -0.3 is 10.1 Å². The molecule has 0 radical (unpaired) electrons. The highest BCUT2D eigenvalue weighted by Gasteiger charge is 2.22. The Morgan fingerprint density at radius 3 is 2.77 bits per heavy atom. The SMILES string of the molecule is C[C@@H](OC(=O)c1csc(-c2cccs2)n1)C(=O)Nc1ccccc1C#N. The molecule has 130 valence electrons. The molecule has 0 spiro atoms. The molecule has 0 aliphatic carbocycles. The Hall–Kier alpha value is -3.02. The minimum absolute atomic E-state index is 0.162. The highest BCUT2D eigenvalue weighted by molar-refractivity contribution is 7.20. The molecule has 26 heavy (non-hydrogen) atoms. The molecular formula is C18H13N3O3S2. The van der Waals surface area contributed by atoms with Crippen LogP contribution in [-0.4, -0.2) is 23.0 Å². The van der Waals surface area contributed by atoms with Gasteiger partial charge in [0.15, 0.2) is 11.8 Å². The van der Waals surface area contributed by atoms with Gasteiger partial charge in [0.2, 0.25) is 0 Å². The smallest absolute Gasteiger partial charge is 0.358 e. The fourth-order valence-corrected chi connectivity index (χ4v) is 3.68. The van der Waals surface area contributed by atoms with E-state index in [1.54, 1.807) is 29.6 Å². The molecule has 0 bridgehead atoms. The van der Waals surface area contributed by atoms with E-state index in [0.717, 1.165) is 9.88 Å². The summed E-state index contributed by atoms with van der Waals surface area (Å²) >= 11 is 2.87. The van der Waals surface area contributed by atoms with Crippen molar-refractivity contribution in [3.05, 3.63) is 58.4 Å². The van der Waals surface area contributed by atoms with Crippen molar-refractivity contribution in [3.63, 3.8) is 0 Å². The van der Waals surface area contributed by atoms with Crippen LogP contribution in [0, 0.1) is 11.3 Å². The van der Waals surface area contributed by atoms with Crippen molar-refractivity contribution in [1.82, 2.24) is 4.98 Å². The van der Waals surface area contributed by atoms with Crippen LogP contribution in [0.5, 0.6) is 0 Å². The summed E-state index contributed by atoms with van der Waals surface area (Å²) in [5.74, 6) is -1.19. The van der Waals surface area contributed by atoms with Gasteiger partial charge in [-0.15, -0.1) is 22.7 Å². The van der Waals surface area contributed by atoms with Crippen LogP contribution < -0.4 is 5.32 Å². The average molecular weight is 383 g/mol. The second-order valence-corrected chi connectivity index (χ2v) is 7.02. The molecule has 0 fully saturated rings. The van der Waals surface area contributed by atoms with E-state index < -0.39 is 18.0 Å². The van der Waals surface area contributed by atoms with Crippen LogP contribution in [0.1, 0.15) is 23.0 Å². The topological polar surface area (TPSA) is 92.1 Å². The third kappa shape index (κ3) is 3.96. The van der Waals surface area contributed by atoms with Crippen molar-refractivity contribution in [3.8, 4) is 16.0 Å². The number of thiophene rings is 1. The lowest BCUT2D eigenvalue weighted by atomic mass is 10.2. The van der Waals surface area contributed by atoms with Gasteiger partial charge in [-0.05, 0) is 30.5 Å². The average Bonchev–Trinajstić information content (AvgIpc) is 3.33. The number of nitrogens with zero attached hydrogens (tertiary/aromatic N) is 2. The monoisotopic (exact) mass is 383 g/mol.